The molecule has 0 aromatic heterocycles. The summed E-state index contributed by atoms with van der Waals surface area (Å²) in [6, 6.07) is 26.9. The summed E-state index contributed by atoms with van der Waals surface area (Å²) >= 11 is 0. The van der Waals surface area contributed by atoms with E-state index in [1.165, 1.54) is 0 Å². The van der Waals surface area contributed by atoms with Crippen molar-refractivity contribution in [3.8, 4) is 0 Å². The molecule has 0 saturated carbocycles. The van der Waals surface area contributed by atoms with Gasteiger partial charge in [0.25, 0.3) is 0 Å². The molecule has 3 rings (SSSR count). The van der Waals surface area contributed by atoms with Crippen LogP contribution in [0, 0.1) is 6.92 Å². The van der Waals surface area contributed by atoms with Crippen LogP contribution in [0.15, 0.2) is 89.7 Å². The Hall–Kier alpha value is -2.44. The van der Waals surface area contributed by atoms with E-state index in [1.807, 2.05) is 91.9 Å². The summed E-state index contributed by atoms with van der Waals surface area (Å²) in [7, 11) is -3.04. The maximum atomic E-state index is 13.7. The van der Waals surface area contributed by atoms with Crippen molar-refractivity contribution in [3.63, 3.8) is 0 Å². The van der Waals surface area contributed by atoms with Gasteiger partial charge < -0.3 is 0 Å². The van der Waals surface area contributed by atoms with Crippen molar-refractivity contribution in [3.05, 3.63) is 96.1 Å². The molecule has 3 heteroatoms. The van der Waals surface area contributed by atoms with Crippen LogP contribution >= 0.6 is 7.29 Å². The monoisotopic (exact) mass is 319 g/mol. The van der Waals surface area contributed by atoms with E-state index >= 15 is 0 Å². The Kier molecular flexibility index (Phi) is 4.55. The van der Waals surface area contributed by atoms with Gasteiger partial charge in [-0.3, -0.25) is 4.57 Å². The first-order valence-electron chi connectivity index (χ1n) is 7.53. The van der Waals surface area contributed by atoms with Crippen LogP contribution in [0.5, 0.6) is 0 Å². The normalized spacial score (nSPS) is 11.7. The van der Waals surface area contributed by atoms with Gasteiger partial charge in [0.15, 0.2) is 0 Å². The highest BCUT2D eigenvalue weighted by atomic mass is 31.2. The van der Waals surface area contributed by atoms with Gasteiger partial charge in [-0.05, 0) is 42.3 Å². The average Bonchev–Trinajstić information content (AvgIpc) is 2.62. The Balaban J connectivity index is 2.11. The minimum atomic E-state index is -3.04. The Labute approximate surface area is 137 Å². The topological polar surface area (TPSA) is 29.4 Å². The summed E-state index contributed by atoms with van der Waals surface area (Å²) in [6.07, 6.45) is 1.73. The standard InChI is InChI=1S/C20H18NOP/c1-17-10-8-9-11-18(17)16-21-23(22,19-12-4-2-5-13-19)20-14-6-3-7-15-20/h2-16H,1H3/b21-16+. The van der Waals surface area contributed by atoms with Crippen molar-refractivity contribution in [2.75, 3.05) is 0 Å². The van der Waals surface area contributed by atoms with Crippen molar-refractivity contribution >= 4 is 24.1 Å². The van der Waals surface area contributed by atoms with Crippen LogP contribution in [0.25, 0.3) is 0 Å². The van der Waals surface area contributed by atoms with E-state index < -0.39 is 7.29 Å². The number of hydrogen-bond donors (Lipinski definition) is 0. The third-order valence-corrected chi connectivity index (χ3v) is 6.20. The summed E-state index contributed by atoms with van der Waals surface area (Å²) in [5.41, 5.74) is 2.10. The molecular formula is C20H18NOP. The van der Waals surface area contributed by atoms with Crippen LogP contribution in [-0.4, -0.2) is 6.21 Å². The fourth-order valence-corrected chi connectivity index (χ4v) is 4.42. The Morgan fingerprint density at radius 2 is 1.22 bits per heavy atom. The van der Waals surface area contributed by atoms with E-state index in [1.54, 1.807) is 6.21 Å². The molecule has 0 atom stereocenters. The van der Waals surface area contributed by atoms with E-state index in [4.69, 9.17) is 0 Å². The fraction of sp³-hybridized carbons (Fsp3) is 0.0500. The highest BCUT2D eigenvalue weighted by molar-refractivity contribution is 7.77. The minimum Gasteiger partial charge on any atom is -0.288 e. The smallest absolute Gasteiger partial charge is 0.247 e. The molecule has 114 valence electrons. The van der Waals surface area contributed by atoms with Crippen LogP contribution in [-0.2, 0) is 4.57 Å². The lowest BCUT2D eigenvalue weighted by Crippen LogP contribution is -2.14. The summed E-state index contributed by atoms with van der Waals surface area (Å²) < 4.78 is 18.3. The molecule has 0 N–H and O–H groups in total. The van der Waals surface area contributed by atoms with Crippen LogP contribution in [0.4, 0.5) is 0 Å². The summed E-state index contributed by atoms with van der Waals surface area (Å²) in [5, 5.41) is 1.49. The highest BCUT2D eigenvalue weighted by Gasteiger charge is 2.25. The van der Waals surface area contributed by atoms with Crippen LogP contribution in [0.1, 0.15) is 11.1 Å². The maximum absolute atomic E-state index is 13.7. The summed E-state index contributed by atoms with van der Waals surface area (Å²) in [4.78, 5) is 0. The van der Waals surface area contributed by atoms with Crippen molar-refractivity contribution in [1.82, 2.24) is 0 Å². The number of aryl methyl sites for hydroxylation is 1. The lowest BCUT2D eigenvalue weighted by Gasteiger charge is -2.14. The van der Waals surface area contributed by atoms with Crippen LogP contribution in [0.2, 0.25) is 0 Å². The first-order valence-corrected chi connectivity index (χ1v) is 9.18. The Morgan fingerprint density at radius 1 is 0.739 bits per heavy atom. The van der Waals surface area contributed by atoms with Gasteiger partial charge in [-0.1, -0.05) is 60.7 Å². The van der Waals surface area contributed by atoms with Gasteiger partial charge >= 0.3 is 0 Å². The number of benzene rings is 3. The van der Waals surface area contributed by atoms with Crippen molar-refractivity contribution in [1.29, 1.82) is 0 Å². The molecule has 0 bridgehead atoms. The van der Waals surface area contributed by atoms with Gasteiger partial charge in [-0.25, -0.2) is 4.76 Å². The third-order valence-electron chi connectivity index (χ3n) is 3.76. The molecule has 3 aromatic rings. The van der Waals surface area contributed by atoms with E-state index in [2.05, 4.69) is 4.76 Å². The molecule has 0 unspecified atom stereocenters. The second kappa shape index (κ2) is 6.76. The molecule has 23 heavy (non-hydrogen) atoms. The number of hydrogen-bond acceptors (Lipinski definition) is 1. The van der Waals surface area contributed by atoms with E-state index in [0.29, 0.717) is 0 Å². The largest absolute Gasteiger partial charge is 0.288 e. The molecule has 0 aliphatic carbocycles. The highest BCUT2D eigenvalue weighted by Crippen LogP contribution is 2.44. The lowest BCUT2D eigenvalue weighted by atomic mass is 10.1. The minimum absolute atomic E-state index is 0.746. The SMILES string of the molecule is Cc1ccccc1/C=N/P(=O)(c1ccccc1)c1ccccc1. The predicted octanol–water partition coefficient (Wildman–Crippen LogP) is 4.34. The van der Waals surface area contributed by atoms with Crippen molar-refractivity contribution < 1.29 is 4.57 Å². The molecule has 3 aromatic carbocycles. The molecule has 0 saturated heterocycles. The van der Waals surface area contributed by atoms with Crippen molar-refractivity contribution in [2.24, 2.45) is 4.76 Å². The molecule has 0 radical (unpaired) electrons. The molecular weight excluding hydrogens is 301 g/mol. The summed E-state index contributed by atoms with van der Waals surface area (Å²) in [6.45, 7) is 2.03. The van der Waals surface area contributed by atoms with Gasteiger partial charge in [0.05, 0.1) is 0 Å². The van der Waals surface area contributed by atoms with E-state index in [0.717, 1.165) is 21.7 Å². The first-order chi connectivity index (χ1) is 11.2. The Morgan fingerprint density at radius 3 is 1.74 bits per heavy atom. The summed E-state index contributed by atoms with van der Waals surface area (Å²) in [5.74, 6) is 0. The van der Waals surface area contributed by atoms with Gasteiger partial charge in [0.1, 0.15) is 0 Å². The molecule has 0 aliphatic rings. The molecule has 0 aliphatic heterocycles. The first kappa shape index (κ1) is 15.5. The van der Waals surface area contributed by atoms with Crippen molar-refractivity contribution in [2.45, 2.75) is 6.92 Å². The number of rotatable bonds is 4. The average molecular weight is 319 g/mol. The number of nitrogens with zero attached hydrogens (tertiary/aromatic N) is 1. The molecule has 0 spiro atoms. The molecule has 0 fully saturated rings. The van der Waals surface area contributed by atoms with Gasteiger partial charge in [-0.15, -0.1) is 0 Å². The predicted molar refractivity (Wildman–Crippen MR) is 98.5 cm³/mol. The molecule has 2 nitrogen and oxygen atoms in total. The quantitative estimate of drug-likeness (QED) is 0.519. The van der Waals surface area contributed by atoms with Gasteiger partial charge in [0.2, 0.25) is 7.29 Å². The van der Waals surface area contributed by atoms with Gasteiger partial charge in [-0.2, -0.15) is 0 Å². The molecule has 0 amide bonds. The second-order valence-electron chi connectivity index (χ2n) is 5.35. The van der Waals surface area contributed by atoms with Crippen LogP contribution < -0.4 is 10.6 Å². The zero-order valence-corrected chi connectivity index (χ0v) is 13.9. The zero-order valence-electron chi connectivity index (χ0n) is 13.0. The zero-order chi connectivity index (χ0) is 16.1. The molecule has 0 heterocycles. The van der Waals surface area contributed by atoms with E-state index in [-0.39, 0.29) is 0 Å². The Bertz CT molecular complexity index is 814. The lowest BCUT2D eigenvalue weighted by molar-refractivity contribution is 0.588. The fourth-order valence-electron chi connectivity index (χ4n) is 2.42. The maximum Gasteiger partial charge on any atom is 0.247 e. The van der Waals surface area contributed by atoms with Crippen LogP contribution in [0.3, 0.4) is 0 Å². The van der Waals surface area contributed by atoms with Gasteiger partial charge in [0, 0.05) is 16.8 Å². The second-order valence-corrected chi connectivity index (χ2v) is 7.76. The third kappa shape index (κ3) is 3.33. The van der Waals surface area contributed by atoms with E-state index in [9.17, 15) is 4.57 Å².